The number of amides is 2. The van der Waals surface area contributed by atoms with Gasteiger partial charge in [0.05, 0.1) is 46.6 Å². The van der Waals surface area contributed by atoms with E-state index in [0.717, 1.165) is 6.20 Å². The van der Waals surface area contributed by atoms with Crippen LogP contribution in [0.3, 0.4) is 0 Å². The van der Waals surface area contributed by atoms with Gasteiger partial charge in [0.2, 0.25) is 11.8 Å². The molecule has 3 heterocycles. The molecule has 2 amide bonds. The number of sulfone groups is 1. The zero-order valence-corrected chi connectivity index (χ0v) is 19.8. The Bertz CT molecular complexity index is 1260. The number of aromatic nitrogens is 1. The van der Waals surface area contributed by atoms with E-state index in [1.165, 1.54) is 11.0 Å². The van der Waals surface area contributed by atoms with Crippen LogP contribution in [-0.2, 0) is 20.0 Å². The molecule has 1 N–H and O–H groups in total. The number of halogens is 1. The summed E-state index contributed by atoms with van der Waals surface area (Å²) in [6.07, 6.45) is 1.35. The summed E-state index contributed by atoms with van der Waals surface area (Å²) < 4.78 is 43.8. The number of benzene rings is 1. The summed E-state index contributed by atoms with van der Waals surface area (Å²) >= 11 is 0. The zero-order valence-electron chi connectivity index (χ0n) is 18.9. The molecule has 1 fully saturated rings. The van der Waals surface area contributed by atoms with Gasteiger partial charge in [-0.25, -0.2) is 17.8 Å². The molecule has 2 aliphatic heterocycles. The molecule has 33 heavy (non-hydrogen) atoms. The fraction of sp³-hybridized carbons (Fsp3) is 0.435. The van der Waals surface area contributed by atoms with E-state index in [0.29, 0.717) is 29.8 Å². The van der Waals surface area contributed by atoms with Gasteiger partial charge in [-0.3, -0.25) is 14.5 Å². The highest BCUT2D eigenvalue weighted by atomic mass is 32.2. The summed E-state index contributed by atoms with van der Waals surface area (Å²) in [5.74, 6) is -1.33. The van der Waals surface area contributed by atoms with E-state index < -0.39 is 32.5 Å². The fourth-order valence-corrected chi connectivity index (χ4v) is 6.47. The van der Waals surface area contributed by atoms with Crippen LogP contribution in [0.1, 0.15) is 50.0 Å². The molecule has 1 atom stereocenters. The van der Waals surface area contributed by atoms with Gasteiger partial charge >= 0.3 is 0 Å². The molecule has 0 aliphatic carbocycles. The quantitative estimate of drug-likeness (QED) is 0.713. The Kier molecular flexibility index (Phi) is 5.47. The SMILES string of the molecule is CCOc1cc(N2C(=O)C(C)(C)c3cc(C(=O)N[C@@]4(C)CCS(=O)(=O)C4)ccc32)c(F)cn1. The topological polar surface area (TPSA) is 106 Å². The van der Waals surface area contributed by atoms with Gasteiger partial charge in [-0.2, -0.15) is 0 Å². The summed E-state index contributed by atoms with van der Waals surface area (Å²) in [5.41, 5.74) is -0.517. The van der Waals surface area contributed by atoms with Crippen LogP contribution in [0.5, 0.6) is 5.88 Å². The Balaban J connectivity index is 1.70. The summed E-state index contributed by atoms with van der Waals surface area (Å²) in [7, 11) is -3.18. The molecule has 2 aromatic rings. The fourth-order valence-electron chi connectivity index (χ4n) is 4.38. The van der Waals surface area contributed by atoms with Crippen LogP contribution >= 0.6 is 0 Å². The molecule has 10 heteroatoms. The van der Waals surface area contributed by atoms with E-state index in [2.05, 4.69) is 10.3 Å². The smallest absolute Gasteiger partial charge is 0.251 e. The Labute approximate surface area is 192 Å². The van der Waals surface area contributed by atoms with E-state index in [9.17, 15) is 22.4 Å². The third-order valence-electron chi connectivity index (χ3n) is 6.17. The molecule has 1 aromatic heterocycles. The lowest BCUT2D eigenvalue weighted by Gasteiger charge is -2.24. The predicted molar refractivity (Wildman–Crippen MR) is 121 cm³/mol. The summed E-state index contributed by atoms with van der Waals surface area (Å²) in [6.45, 7) is 7.25. The number of pyridine rings is 1. The van der Waals surface area contributed by atoms with Crippen molar-refractivity contribution in [2.75, 3.05) is 23.0 Å². The second-order valence-electron chi connectivity index (χ2n) is 9.26. The molecule has 0 radical (unpaired) electrons. The van der Waals surface area contributed by atoms with Crippen LogP contribution in [0.4, 0.5) is 15.8 Å². The van der Waals surface area contributed by atoms with Crippen molar-refractivity contribution in [1.29, 1.82) is 0 Å². The minimum Gasteiger partial charge on any atom is -0.478 e. The van der Waals surface area contributed by atoms with Crippen molar-refractivity contribution in [2.24, 2.45) is 0 Å². The van der Waals surface area contributed by atoms with Crippen LogP contribution in [0.2, 0.25) is 0 Å². The van der Waals surface area contributed by atoms with Crippen LogP contribution in [0.25, 0.3) is 0 Å². The van der Waals surface area contributed by atoms with E-state index >= 15 is 0 Å². The number of rotatable bonds is 5. The van der Waals surface area contributed by atoms with Crippen molar-refractivity contribution in [3.05, 3.63) is 47.4 Å². The molecule has 1 aromatic carbocycles. The minimum absolute atomic E-state index is 0.0196. The highest BCUT2D eigenvalue weighted by molar-refractivity contribution is 7.91. The normalized spacial score (nSPS) is 22.8. The van der Waals surface area contributed by atoms with Gasteiger partial charge < -0.3 is 10.1 Å². The van der Waals surface area contributed by atoms with Crippen LogP contribution in [-0.4, -0.2) is 48.9 Å². The molecule has 2 aliphatic rings. The van der Waals surface area contributed by atoms with Crippen molar-refractivity contribution >= 4 is 33.0 Å². The van der Waals surface area contributed by atoms with Gasteiger partial charge in [-0.05, 0) is 57.9 Å². The molecular weight excluding hydrogens is 449 g/mol. The average Bonchev–Trinajstić information content (AvgIpc) is 3.12. The minimum atomic E-state index is -3.18. The molecule has 4 rings (SSSR count). The summed E-state index contributed by atoms with van der Waals surface area (Å²) in [6, 6.07) is 6.14. The number of anilines is 2. The van der Waals surface area contributed by atoms with Gasteiger partial charge in [0.15, 0.2) is 15.7 Å². The Morgan fingerprint density at radius 1 is 1.24 bits per heavy atom. The van der Waals surface area contributed by atoms with Crippen LogP contribution in [0.15, 0.2) is 30.5 Å². The number of hydrogen-bond acceptors (Lipinski definition) is 6. The highest BCUT2D eigenvalue weighted by Gasteiger charge is 2.46. The second-order valence-corrected chi connectivity index (χ2v) is 11.4. The largest absolute Gasteiger partial charge is 0.478 e. The molecule has 1 saturated heterocycles. The van der Waals surface area contributed by atoms with E-state index in [1.807, 2.05) is 0 Å². The Morgan fingerprint density at radius 2 is 1.97 bits per heavy atom. The van der Waals surface area contributed by atoms with Gasteiger partial charge in [0.25, 0.3) is 5.91 Å². The molecule has 0 spiro atoms. The number of nitrogens with one attached hydrogen (secondary N) is 1. The van der Waals surface area contributed by atoms with Crippen LogP contribution in [0, 0.1) is 5.82 Å². The number of carbonyl (C=O) groups excluding carboxylic acids is 2. The first-order valence-corrected chi connectivity index (χ1v) is 12.5. The van der Waals surface area contributed by atoms with Gasteiger partial charge in [-0.15, -0.1) is 0 Å². The maximum absolute atomic E-state index is 14.7. The van der Waals surface area contributed by atoms with E-state index in [-0.39, 0.29) is 29.0 Å². The lowest BCUT2D eigenvalue weighted by molar-refractivity contribution is -0.121. The maximum atomic E-state index is 14.7. The monoisotopic (exact) mass is 475 g/mol. The molecule has 0 saturated carbocycles. The third kappa shape index (κ3) is 4.07. The van der Waals surface area contributed by atoms with E-state index in [4.69, 9.17) is 4.74 Å². The lowest BCUT2D eigenvalue weighted by Crippen LogP contribution is -2.46. The zero-order chi connectivity index (χ0) is 24.2. The standard InChI is InChI=1S/C23H26FN3O5S/c1-5-32-19-11-18(16(24)12-25-19)27-17-7-6-14(10-15(17)22(2,3)21(27)29)20(28)26-23(4)8-9-33(30,31)13-23/h6-7,10-12H,5,8-9,13H2,1-4H3,(H,26,28)/t23-/m0/s1. The van der Waals surface area contributed by atoms with Gasteiger partial charge in [0, 0.05) is 11.6 Å². The maximum Gasteiger partial charge on any atom is 0.251 e. The Hall–Kier alpha value is -3.01. The predicted octanol–water partition coefficient (Wildman–Crippen LogP) is 2.88. The lowest BCUT2D eigenvalue weighted by atomic mass is 9.85. The number of carbonyl (C=O) groups is 2. The van der Waals surface area contributed by atoms with Crippen molar-refractivity contribution in [3.8, 4) is 5.88 Å². The first-order chi connectivity index (χ1) is 15.4. The third-order valence-corrected chi connectivity index (χ3v) is 8.08. The van der Waals surface area contributed by atoms with Crippen molar-refractivity contribution in [1.82, 2.24) is 10.3 Å². The van der Waals surface area contributed by atoms with Crippen molar-refractivity contribution < 1.29 is 27.1 Å². The second kappa shape index (κ2) is 7.79. The summed E-state index contributed by atoms with van der Waals surface area (Å²) in [4.78, 5) is 31.4. The first kappa shape index (κ1) is 23.2. The van der Waals surface area contributed by atoms with Crippen LogP contribution < -0.4 is 15.0 Å². The molecule has 8 nitrogen and oxygen atoms in total. The first-order valence-electron chi connectivity index (χ1n) is 10.7. The number of ether oxygens (including phenoxy) is 1. The molecule has 176 valence electrons. The van der Waals surface area contributed by atoms with Gasteiger partial charge in [0.1, 0.15) is 0 Å². The highest BCUT2D eigenvalue weighted by Crippen LogP contribution is 2.46. The number of fused-ring (bicyclic) bond motifs is 1. The number of hydrogen-bond donors (Lipinski definition) is 1. The van der Waals surface area contributed by atoms with Crippen molar-refractivity contribution in [2.45, 2.75) is 45.1 Å². The summed E-state index contributed by atoms with van der Waals surface area (Å²) in [5, 5.41) is 2.83. The Morgan fingerprint density at radius 3 is 2.61 bits per heavy atom. The van der Waals surface area contributed by atoms with E-state index in [1.54, 1.807) is 45.9 Å². The van der Waals surface area contributed by atoms with Gasteiger partial charge in [-0.1, -0.05) is 0 Å². The van der Waals surface area contributed by atoms with Crippen molar-refractivity contribution in [3.63, 3.8) is 0 Å². The molecule has 0 unspecified atom stereocenters. The number of nitrogens with zero attached hydrogens (tertiary/aromatic N) is 2. The average molecular weight is 476 g/mol. The molecule has 0 bridgehead atoms. The molecular formula is C23H26FN3O5S.